The average Bonchev–Trinajstić information content (AvgIpc) is 2.88. The Morgan fingerprint density at radius 3 is 2.86 bits per heavy atom. The van der Waals surface area contributed by atoms with Gasteiger partial charge in [0.15, 0.2) is 5.69 Å². The molecule has 0 radical (unpaired) electrons. The molecule has 0 aliphatic heterocycles. The van der Waals surface area contributed by atoms with Crippen molar-refractivity contribution in [3.63, 3.8) is 0 Å². The summed E-state index contributed by atoms with van der Waals surface area (Å²) in [6, 6.07) is 9.48. The van der Waals surface area contributed by atoms with Crippen LogP contribution in [0.15, 0.2) is 42.7 Å². The van der Waals surface area contributed by atoms with Gasteiger partial charge in [-0.3, -0.25) is 9.38 Å². The van der Waals surface area contributed by atoms with Gasteiger partial charge in [0, 0.05) is 11.9 Å². The van der Waals surface area contributed by atoms with E-state index in [1.165, 1.54) is 6.20 Å². The summed E-state index contributed by atoms with van der Waals surface area (Å²) in [5, 5.41) is 9.11. The first kappa shape index (κ1) is 13.1. The molecule has 5 heteroatoms. The molecule has 3 rings (SSSR count). The van der Waals surface area contributed by atoms with E-state index in [4.69, 9.17) is 5.11 Å². The maximum Gasteiger partial charge on any atom is 0.354 e. The van der Waals surface area contributed by atoms with E-state index in [0.29, 0.717) is 5.65 Å². The Bertz CT molecular complexity index is 850. The zero-order chi connectivity index (χ0) is 14.8. The molecule has 104 valence electrons. The molecule has 3 aromatic heterocycles. The van der Waals surface area contributed by atoms with Gasteiger partial charge >= 0.3 is 5.97 Å². The second-order valence-corrected chi connectivity index (χ2v) is 4.68. The highest BCUT2D eigenvalue weighted by Crippen LogP contribution is 2.12. The minimum atomic E-state index is -0.996. The summed E-state index contributed by atoms with van der Waals surface area (Å²) in [6.07, 6.45) is 6.89. The summed E-state index contributed by atoms with van der Waals surface area (Å²) in [5.41, 5.74) is 3.45. The van der Waals surface area contributed by atoms with E-state index in [1.54, 1.807) is 16.7 Å². The molecule has 0 unspecified atom stereocenters. The lowest BCUT2D eigenvalue weighted by molar-refractivity contribution is 0.0689. The molecule has 3 aromatic rings. The fourth-order valence-electron chi connectivity index (χ4n) is 2.09. The molecule has 0 atom stereocenters. The van der Waals surface area contributed by atoms with Crippen LogP contribution in [0.2, 0.25) is 0 Å². The van der Waals surface area contributed by atoms with Crippen LogP contribution in [0.1, 0.15) is 27.4 Å². The highest BCUT2D eigenvalue weighted by molar-refractivity contribution is 5.86. The van der Waals surface area contributed by atoms with Gasteiger partial charge in [0.2, 0.25) is 0 Å². The summed E-state index contributed by atoms with van der Waals surface area (Å²) in [5.74, 6) is -0.996. The second-order valence-electron chi connectivity index (χ2n) is 4.68. The molecule has 1 N–H and O–H groups in total. The smallest absolute Gasteiger partial charge is 0.354 e. The lowest BCUT2D eigenvalue weighted by Crippen LogP contribution is -2.01. The van der Waals surface area contributed by atoms with Gasteiger partial charge in [-0.05, 0) is 42.8 Å². The molecule has 0 saturated carbocycles. The Hall–Kier alpha value is -2.95. The number of aromatic nitrogens is 3. The maximum atomic E-state index is 11.1. The number of carboxylic acids is 1. The Labute approximate surface area is 121 Å². The Morgan fingerprint density at radius 1 is 1.24 bits per heavy atom. The van der Waals surface area contributed by atoms with Crippen LogP contribution >= 0.6 is 0 Å². The van der Waals surface area contributed by atoms with Crippen molar-refractivity contribution in [3.05, 3.63) is 65.4 Å². The number of hydrogen-bond donors (Lipinski definition) is 1. The Balaban J connectivity index is 1.97. The molecule has 0 aromatic carbocycles. The van der Waals surface area contributed by atoms with Crippen molar-refractivity contribution in [2.45, 2.75) is 6.92 Å². The van der Waals surface area contributed by atoms with Gasteiger partial charge in [0.05, 0.1) is 11.9 Å². The highest BCUT2D eigenvalue weighted by atomic mass is 16.4. The number of nitrogens with zero attached hydrogens (tertiary/aromatic N) is 3. The third kappa shape index (κ3) is 2.67. The number of aromatic carboxylic acids is 1. The van der Waals surface area contributed by atoms with Gasteiger partial charge < -0.3 is 5.11 Å². The van der Waals surface area contributed by atoms with E-state index in [9.17, 15) is 4.79 Å². The van der Waals surface area contributed by atoms with Crippen LogP contribution in [0.4, 0.5) is 0 Å². The molecule has 21 heavy (non-hydrogen) atoms. The van der Waals surface area contributed by atoms with Crippen LogP contribution in [-0.2, 0) is 0 Å². The van der Waals surface area contributed by atoms with Crippen LogP contribution < -0.4 is 0 Å². The van der Waals surface area contributed by atoms with Gasteiger partial charge in [-0.2, -0.15) is 0 Å². The predicted octanol–water partition coefficient (Wildman–Crippen LogP) is 2.91. The van der Waals surface area contributed by atoms with E-state index in [1.807, 2.05) is 43.3 Å². The van der Waals surface area contributed by atoms with Crippen LogP contribution in [0.3, 0.4) is 0 Å². The third-order valence-corrected chi connectivity index (χ3v) is 3.10. The summed E-state index contributed by atoms with van der Waals surface area (Å²) in [6.45, 7) is 1.94. The number of fused-ring (bicyclic) bond motifs is 1. The largest absolute Gasteiger partial charge is 0.477 e. The molecular weight excluding hydrogens is 266 g/mol. The number of carboxylic acid groups (broad SMARTS) is 1. The van der Waals surface area contributed by atoms with Gasteiger partial charge in [-0.15, -0.1) is 0 Å². The topological polar surface area (TPSA) is 67.5 Å². The minimum Gasteiger partial charge on any atom is -0.477 e. The molecule has 5 nitrogen and oxygen atoms in total. The molecule has 0 aliphatic rings. The number of carbonyl (C=O) groups is 1. The minimum absolute atomic E-state index is 0.147. The van der Waals surface area contributed by atoms with E-state index in [2.05, 4.69) is 9.97 Å². The molecule has 0 spiro atoms. The van der Waals surface area contributed by atoms with Crippen LogP contribution in [0.25, 0.3) is 17.8 Å². The zero-order valence-electron chi connectivity index (χ0n) is 11.4. The first-order valence-corrected chi connectivity index (χ1v) is 6.45. The number of aryl methyl sites for hydroxylation is 1. The third-order valence-electron chi connectivity index (χ3n) is 3.10. The van der Waals surface area contributed by atoms with Gasteiger partial charge in [-0.25, -0.2) is 9.78 Å². The van der Waals surface area contributed by atoms with Gasteiger partial charge in [0.1, 0.15) is 5.65 Å². The van der Waals surface area contributed by atoms with E-state index >= 15 is 0 Å². The van der Waals surface area contributed by atoms with Crippen molar-refractivity contribution >= 4 is 23.8 Å². The molecule has 0 bridgehead atoms. The maximum absolute atomic E-state index is 11.1. The number of pyridine rings is 2. The lowest BCUT2D eigenvalue weighted by atomic mass is 10.2. The summed E-state index contributed by atoms with van der Waals surface area (Å²) in [4.78, 5) is 19.6. The molecule has 0 fully saturated rings. The van der Waals surface area contributed by atoms with Crippen LogP contribution in [0.5, 0.6) is 0 Å². The van der Waals surface area contributed by atoms with E-state index in [0.717, 1.165) is 17.0 Å². The Kier molecular flexibility index (Phi) is 3.23. The molecule has 0 aliphatic carbocycles. The standard InChI is InChI=1S/C16H13N3O2/c1-11-3-2-4-13(18-11)7-5-12-6-8-15-17-9-14(16(20)21)19(15)10-12/h2-10H,1H3,(H,20,21)/b7-5+. The molecule has 0 saturated heterocycles. The SMILES string of the molecule is Cc1cccc(/C=C/c2ccc3ncc(C(=O)O)n3c2)n1. The van der Waals surface area contributed by atoms with Crippen LogP contribution in [-0.4, -0.2) is 25.4 Å². The fourth-order valence-corrected chi connectivity index (χ4v) is 2.09. The molecular formula is C16H13N3O2. The van der Waals surface area contributed by atoms with Gasteiger partial charge in [-0.1, -0.05) is 12.1 Å². The van der Waals surface area contributed by atoms with Crippen molar-refractivity contribution in [3.8, 4) is 0 Å². The van der Waals surface area contributed by atoms with Crippen molar-refractivity contribution in [2.75, 3.05) is 0 Å². The average molecular weight is 279 g/mol. The number of hydrogen-bond acceptors (Lipinski definition) is 3. The normalized spacial score (nSPS) is 11.3. The zero-order valence-corrected chi connectivity index (χ0v) is 11.4. The van der Waals surface area contributed by atoms with Crippen molar-refractivity contribution in [1.29, 1.82) is 0 Å². The predicted molar refractivity (Wildman–Crippen MR) is 80.1 cm³/mol. The summed E-state index contributed by atoms with van der Waals surface area (Å²) in [7, 11) is 0. The number of imidazole rings is 1. The van der Waals surface area contributed by atoms with Crippen molar-refractivity contribution < 1.29 is 9.90 Å². The fraction of sp³-hybridized carbons (Fsp3) is 0.0625. The first-order chi connectivity index (χ1) is 10.1. The quantitative estimate of drug-likeness (QED) is 0.800. The second kappa shape index (κ2) is 5.20. The van der Waals surface area contributed by atoms with E-state index < -0.39 is 5.97 Å². The Morgan fingerprint density at radius 2 is 2.10 bits per heavy atom. The highest BCUT2D eigenvalue weighted by Gasteiger charge is 2.09. The van der Waals surface area contributed by atoms with Crippen LogP contribution in [0, 0.1) is 6.92 Å². The van der Waals surface area contributed by atoms with E-state index in [-0.39, 0.29) is 5.69 Å². The number of rotatable bonds is 3. The lowest BCUT2D eigenvalue weighted by Gasteiger charge is -2.00. The summed E-state index contributed by atoms with van der Waals surface area (Å²) >= 11 is 0. The molecule has 3 heterocycles. The van der Waals surface area contributed by atoms with Crippen molar-refractivity contribution in [2.24, 2.45) is 0 Å². The van der Waals surface area contributed by atoms with Gasteiger partial charge in [0.25, 0.3) is 0 Å². The monoisotopic (exact) mass is 279 g/mol. The first-order valence-electron chi connectivity index (χ1n) is 6.45. The van der Waals surface area contributed by atoms with Crippen molar-refractivity contribution in [1.82, 2.24) is 14.4 Å². The molecule has 0 amide bonds. The summed E-state index contributed by atoms with van der Waals surface area (Å²) < 4.78 is 1.56.